The van der Waals surface area contributed by atoms with Crippen molar-refractivity contribution in [2.75, 3.05) is 30.7 Å². The molecule has 1 atom stereocenters. The number of piperidine rings is 1. The molecule has 2 aromatic rings. The third kappa shape index (κ3) is 6.15. The molecule has 2 aromatic carbocycles. The fourth-order valence-corrected chi connectivity index (χ4v) is 4.86. The van der Waals surface area contributed by atoms with E-state index in [2.05, 4.69) is 10.6 Å². The first kappa shape index (κ1) is 23.0. The molecule has 1 heterocycles. The number of nitrogens with one attached hydrogen (secondary N) is 2. The average molecular weight is 444 g/mol. The number of sulfonamides is 1. The van der Waals surface area contributed by atoms with Gasteiger partial charge in [-0.25, -0.2) is 12.7 Å². The molecule has 0 aromatic heterocycles. The van der Waals surface area contributed by atoms with E-state index in [-0.39, 0.29) is 24.1 Å². The number of amides is 2. The predicted molar refractivity (Wildman–Crippen MR) is 121 cm³/mol. The number of nitrogens with zero attached hydrogens (tertiary/aromatic N) is 1. The van der Waals surface area contributed by atoms with Crippen LogP contribution in [0, 0.1) is 5.92 Å². The van der Waals surface area contributed by atoms with Crippen molar-refractivity contribution in [2.24, 2.45) is 5.92 Å². The van der Waals surface area contributed by atoms with E-state index in [0.29, 0.717) is 43.6 Å². The van der Waals surface area contributed by atoms with Crippen molar-refractivity contribution in [3.63, 3.8) is 0 Å². The Kier molecular flexibility index (Phi) is 7.81. The highest BCUT2D eigenvalue weighted by Gasteiger charge is 2.31. The van der Waals surface area contributed by atoms with Crippen LogP contribution in [0.25, 0.3) is 0 Å². The first-order valence-electron chi connectivity index (χ1n) is 10.6. The maximum atomic E-state index is 12.8. The van der Waals surface area contributed by atoms with E-state index in [9.17, 15) is 18.0 Å². The molecule has 0 spiro atoms. The molecule has 0 bridgehead atoms. The minimum atomic E-state index is -3.33. The fourth-order valence-electron chi connectivity index (χ4n) is 3.68. The van der Waals surface area contributed by atoms with Gasteiger partial charge >= 0.3 is 0 Å². The summed E-state index contributed by atoms with van der Waals surface area (Å²) in [6, 6.07) is 16.7. The summed E-state index contributed by atoms with van der Waals surface area (Å²) in [6.45, 7) is 2.71. The molecule has 166 valence electrons. The van der Waals surface area contributed by atoms with Gasteiger partial charge in [0.25, 0.3) is 5.91 Å². The Morgan fingerprint density at radius 1 is 1.06 bits per heavy atom. The molecule has 1 fully saturated rings. The van der Waals surface area contributed by atoms with Crippen molar-refractivity contribution in [3.05, 3.63) is 65.7 Å². The first-order valence-corrected chi connectivity index (χ1v) is 12.2. The summed E-state index contributed by atoms with van der Waals surface area (Å²) in [5, 5.41) is 5.74. The second-order valence-electron chi connectivity index (χ2n) is 7.62. The van der Waals surface area contributed by atoms with Gasteiger partial charge in [0, 0.05) is 19.6 Å². The Hall–Kier alpha value is -2.71. The second-order valence-corrected chi connectivity index (χ2v) is 9.88. The molecule has 1 saturated heterocycles. The highest BCUT2D eigenvalue weighted by molar-refractivity contribution is 7.89. The van der Waals surface area contributed by atoms with E-state index in [1.165, 1.54) is 4.31 Å². The number of hydrogen-bond acceptors (Lipinski definition) is 4. The molecule has 2 N–H and O–H groups in total. The van der Waals surface area contributed by atoms with E-state index in [1.807, 2.05) is 30.3 Å². The highest BCUT2D eigenvalue weighted by Crippen LogP contribution is 2.22. The summed E-state index contributed by atoms with van der Waals surface area (Å²) in [5.41, 5.74) is 1.95. The first-order chi connectivity index (χ1) is 14.9. The van der Waals surface area contributed by atoms with Crippen LogP contribution >= 0.6 is 0 Å². The maximum absolute atomic E-state index is 12.8. The molecule has 31 heavy (non-hydrogen) atoms. The van der Waals surface area contributed by atoms with Gasteiger partial charge in [0.05, 0.1) is 22.9 Å². The van der Waals surface area contributed by atoms with Crippen LogP contribution in [0.1, 0.15) is 35.7 Å². The lowest BCUT2D eigenvalue weighted by Gasteiger charge is -2.31. The van der Waals surface area contributed by atoms with Gasteiger partial charge in [-0.2, -0.15) is 0 Å². The Labute approximate surface area is 183 Å². The number of rotatable bonds is 8. The Morgan fingerprint density at radius 2 is 1.77 bits per heavy atom. The van der Waals surface area contributed by atoms with Gasteiger partial charge in [-0.05, 0) is 43.9 Å². The standard InChI is InChI=1S/C23H29N3O4S/c1-2-31(29,30)26-16-8-11-19(17-26)22(27)25-21-13-7-6-12-20(21)23(28)24-15-14-18-9-4-3-5-10-18/h3-7,9-10,12-13,19H,2,8,11,14-17H2,1H3,(H,24,28)(H,25,27). The topological polar surface area (TPSA) is 95.6 Å². The summed E-state index contributed by atoms with van der Waals surface area (Å²) in [7, 11) is -3.33. The van der Waals surface area contributed by atoms with E-state index in [1.54, 1.807) is 31.2 Å². The predicted octanol–water partition coefficient (Wildman–Crippen LogP) is 2.66. The fraction of sp³-hybridized carbons (Fsp3) is 0.391. The molecule has 3 rings (SSSR count). The van der Waals surface area contributed by atoms with E-state index >= 15 is 0 Å². The molecular weight excluding hydrogens is 414 g/mol. The number of carbonyl (C=O) groups is 2. The number of hydrogen-bond donors (Lipinski definition) is 2. The van der Waals surface area contributed by atoms with Crippen LogP contribution in [0.5, 0.6) is 0 Å². The molecular formula is C23H29N3O4S. The van der Waals surface area contributed by atoms with Crippen molar-refractivity contribution < 1.29 is 18.0 Å². The minimum Gasteiger partial charge on any atom is -0.352 e. The van der Waals surface area contributed by atoms with Gasteiger partial charge in [0.2, 0.25) is 15.9 Å². The van der Waals surface area contributed by atoms with Crippen LogP contribution in [0.4, 0.5) is 5.69 Å². The summed E-state index contributed by atoms with van der Waals surface area (Å²) in [5.74, 6) is -0.941. The monoisotopic (exact) mass is 443 g/mol. The summed E-state index contributed by atoms with van der Waals surface area (Å²) < 4.78 is 25.7. The van der Waals surface area contributed by atoms with Gasteiger partial charge in [-0.15, -0.1) is 0 Å². The normalized spacial score (nSPS) is 17.1. The molecule has 0 saturated carbocycles. The van der Waals surface area contributed by atoms with Crippen LogP contribution in [0.15, 0.2) is 54.6 Å². The van der Waals surface area contributed by atoms with Gasteiger partial charge in [0.1, 0.15) is 0 Å². The number of carbonyl (C=O) groups excluding carboxylic acids is 2. The molecule has 1 unspecified atom stereocenters. The van der Waals surface area contributed by atoms with Crippen molar-refractivity contribution >= 4 is 27.5 Å². The lowest BCUT2D eigenvalue weighted by atomic mass is 9.98. The van der Waals surface area contributed by atoms with E-state index in [0.717, 1.165) is 5.56 Å². The Balaban J connectivity index is 1.61. The van der Waals surface area contributed by atoms with Gasteiger partial charge in [-0.1, -0.05) is 42.5 Å². The van der Waals surface area contributed by atoms with Crippen LogP contribution in [-0.2, 0) is 21.2 Å². The zero-order chi connectivity index (χ0) is 22.3. The zero-order valence-corrected chi connectivity index (χ0v) is 18.5. The largest absolute Gasteiger partial charge is 0.352 e. The maximum Gasteiger partial charge on any atom is 0.253 e. The molecule has 8 heteroatoms. The van der Waals surface area contributed by atoms with Crippen LogP contribution in [0.3, 0.4) is 0 Å². The van der Waals surface area contributed by atoms with Crippen LogP contribution < -0.4 is 10.6 Å². The van der Waals surface area contributed by atoms with Crippen molar-refractivity contribution in [2.45, 2.75) is 26.2 Å². The Bertz CT molecular complexity index is 1010. The van der Waals surface area contributed by atoms with Crippen LogP contribution in [0.2, 0.25) is 0 Å². The molecule has 1 aliphatic heterocycles. The zero-order valence-electron chi connectivity index (χ0n) is 17.7. The summed E-state index contributed by atoms with van der Waals surface area (Å²) >= 11 is 0. The lowest BCUT2D eigenvalue weighted by Crippen LogP contribution is -2.44. The quantitative estimate of drug-likeness (QED) is 0.656. The highest BCUT2D eigenvalue weighted by atomic mass is 32.2. The van der Waals surface area contributed by atoms with E-state index < -0.39 is 15.9 Å². The molecule has 2 amide bonds. The minimum absolute atomic E-state index is 0.0212. The number of benzene rings is 2. The van der Waals surface area contributed by atoms with Crippen molar-refractivity contribution in [3.8, 4) is 0 Å². The van der Waals surface area contributed by atoms with Gasteiger partial charge in [-0.3, -0.25) is 9.59 Å². The average Bonchev–Trinajstić information content (AvgIpc) is 2.80. The number of para-hydroxylation sites is 1. The molecule has 0 aliphatic carbocycles. The van der Waals surface area contributed by atoms with Gasteiger partial charge in [0.15, 0.2) is 0 Å². The summed E-state index contributed by atoms with van der Waals surface area (Å²) in [4.78, 5) is 25.5. The molecule has 1 aliphatic rings. The second kappa shape index (κ2) is 10.5. The number of anilines is 1. The SMILES string of the molecule is CCS(=O)(=O)N1CCCC(C(=O)Nc2ccccc2C(=O)NCCc2ccccc2)C1. The summed E-state index contributed by atoms with van der Waals surface area (Å²) in [6.07, 6.45) is 1.97. The third-order valence-electron chi connectivity index (χ3n) is 5.48. The van der Waals surface area contributed by atoms with Crippen LogP contribution in [-0.4, -0.2) is 49.9 Å². The van der Waals surface area contributed by atoms with Gasteiger partial charge < -0.3 is 10.6 Å². The van der Waals surface area contributed by atoms with Crippen molar-refractivity contribution in [1.82, 2.24) is 9.62 Å². The Morgan fingerprint density at radius 3 is 2.52 bits per heavy atom. The van der Waals surface area contributed by atoms with E-state index in [4.69, 9.17) is 0 Å². The third-order valence-corrected chi connectivity index (χ3v) is 7.33. The smallest absolute Gasteiger partial charge is 0.253 e. The molecule has 7 nitrogen and oxygen atoms in total. The van der Waals surface area contributed by atoms with Crippen molar-refractivity contribution in [1.29, 1.82) is 0 Å². The molecule has 0 radical (unpaired) electrons. The lowest BCUT2D eigenvalue weighted by molar-refractivity contribution is -0.120.